The molecule has 2 aliphatic rings. The molecule has 0 bridgehead atoms. The van der Waals surface area contributed by atoms with Gasteiger partial charge in [0.25, 0.3) is 0 Å². The van der Waals surface area contributed by atoms with Crippen LogP contribution in [0.5, 0.6) is 0 Å². The topological polar surface area (TPSA) is 43.4 Å². The average molecular weight is 182 g/mol. The van der Waals surface area contributed by atoms with Gasteiger partial charge in [0.15, 0.2) is 0 Å². The van der Waals surface area contributed by atoms with Gasteiger partial charge in [0.05, 0.1) is 7.11 Å². The fourth-order valence-electron chi connectivity index (χ4n) is 2.82. The number of ketones is 1. The van der Waals surface area contributed by atoms with Crippen molar-refractivity contribution in [3.05, 3.63) is 0 Å². The predicted octanol–water partition coefficient (Wildman–Crippen LogP) is 1.16. The van der Waals surface area contributed by atoms with Gasteiger partial charge >= 0.3 is 5.97 Å². The van der Waals surface area contributed by atoms with E-state index in [-0.39, 0.29) is 11.8 Å². The first-order valence-electron chi connectivity index (χ1n) is 4.84. The van der Waals surface area contributed by atoms with Gasteiger partial charge in [-0.1, -0.05) is 6.42 Å². The molecular weight excluding hydrogens is 168 g/mol. The summed E-state index contributed by atoms with van der Waals surface area (Å²) in [7, 11) is 1.36. The highest BCUT2D eigenvalue weighted by atomic mass is 16.5. The Bertz CT molecular complexity index is 239. The van der Waals surface area contributed by atoms with Gasteiger partial charge < -0.3 is 4.74 Å². The molecule has 2 rings (SSSR count). The van der Waals surface area contributed by atoms with E-state index in [1.165, 1.54) is 7.11 Å². The molecule has 0 heterocycles. The Hall–Kier alpha value is -0.860. The molecule has 0 aromatic heterocycles. The van der Waals surface area contributed by atoms with E-state index in [1.54, 1.807) is 0 Å². The Morgan fingerprint density at radius 3 is 2.92 bits per heavy atom. The lowest BCUT2D eigenvalue weighted by molar-refractivity contribution is -0.149. The number of esters is 1. The number of hydrogen-bond donors (Lipinski definition) is 0. The van der Waals surface area contributed by atoms with Crippen LogP contribution in [0, 0.1) is 17.8 Å². The van der Waals surface area contributed by atoms with Crippen molar-refractivity contribution in [2.45, 2.75) is 25.7 Å². The van der Waals surface area contributed by atoms with Crippen LogP contribution in [0.15, 0.2) is 0 Å². The van der Waals surface area contributed by atoms with Crippen LogP contribution in [0.2, 0.25) is 0 Å². The first kappa shape index (κ1) is 8.73. The molecule has 3 heteroatoms. The molecule has 0 unspecified atom stereocenters. The molecule has 2 saturated carbocycles. The van der Waals surface area contributed by atoms with Crippen molar-refractivity contribution >= 4 is 11.8 Å². The molecule has 0 radical (unpaired) electrons. The molecule has 3 atom stereocenters. The summed E-state index contributed by atoms with van der Waals surface area (Å²) in [5.74, 6) is 0.106. The Morgan fingerprint density at radius 2 is 2.23 bits per heavy atom. The van der Waals surface area contributed by atoms with E-state index in [1.807, 2.05) is 0 Å². The van der Waals surface area contributed by atoms with Crippen molar-refractivity contribution in [1.82, 2.24) is 0 Å². The van der Waals surface area contributed by atoms with Gasteiger partial charge in [-0.05, 0) is 24.7 Å². The molecule has 0 spiro atoms. The summed E-state index contributed by atoms with van der Waals surface area (Å²) in [5, 5.41) is 0. The van der Waals surface area contributed by atoms with E-state index in [9.17, 15) is 9.59 Å². The molecule has 0 aliphatic heterocycles. The third-order valence-corrected chi connectivity index (χ3v) is 3.41. The molecule has 3 nitrogen and oxygen atoms in total. The van der Waals surface area contributed by atoms with Crippen LogP contribution in [0.1, 0.15) is 25.7 Å². The van der Waals surface area contributed by atoms with Crippen LogP contribution < -0.4 is 0 Å². The van der Waals surface area contributed by atoms with E-state index in [0.717, 1.165) is 19.3 Å². The monoisotopic (exact) mass is 182 g/mol. The van der Waals surface area contributed by atoms with Crippen LogP contribution >= 0.6 is 0 Å². The van der Waals surface area contributed by atoms with Gasteiger partial charge in [-0.25, -0.2) is 0 Å². The van der Waals surface area contributed by atoms with Gasteiger partial charge in [0.1, 0.15) is 11.7 Å². The lowest BCUT2D eigenvalue weighted by Crippen LogP contribution is -2.26. The average Bonchev–Trinajstić information content (AvgIpc) is 2.62. The van der Waals surface area contributed by atoms with Crippen molar-refractivity contribution in [3.63, 3.8) is 0 Å². The number of carbonyl (C=O) groups excluding carboxylic acids is 2. The van der Waals surface area contributed by atoms with E-state index in [0.29, 0.717) is 18.3 Å². The highest BCUT2D eigenvalue weighted by Crippen LogP contribution is 2.45. The third-order valence-electron chi connectivity index (χ3n) is 3.41. The van der Waals surface area contributed by atoms with Gasteiger partial charge in [0.2, 0.25) is 0 Å². The molecule has 0 amide bonds. The summed E-state index contributed by atoms with van der Waals surface area (Å²) < 4.78 is 4.65. The van der Waals surface area contributed by atoms with E-state index >= 15 is 0 Å². The van der Waals surface area contributed by atoms with Crippen LogP contribution in [0.4, 0.5) is 0 Å². The summed E-state index contributed by atoms with van der Waals surface area (Å²) in [6.45, 7) is 0. The predicted molar refractivity (Wildman–Crippen MR) is 46.0 cm³/mol. The molecule has 13 heavy (non-hydrogen) atoms. The molecular formula is C10H14O3. The summed E-state index contributed by atoms with van der Waals surface area (Å²) in [5.41, 5.74) is 0. The summed E-state index contributed by atoms with van der Waals surface area (Å²) in [6.07, 6.45) is 3.90. The second-order valence-electron chi connectivity index (χ2n) is 4.03. The number of rotatable bonds is 1. The maximum absolute atomic E-state index is 11.5. The second kappa shape index (κ2) is 3.13. The second-order valence-corrected chi connectivity index (χ2v) is 4.03. The number of Topliss-reactive ketones (excluding diaryl/α,β-unsaturated/α-hetero) is 1. The molecule has 0 saturated heterocycles. The molecule has 0 N–H and O–H groups in total. The fraction of sp³-hybridized carbons (Fsp3) is 0.800. The molecule has 72 valence electrons. The number of methoxy groups -OCH3 is 1. The van der Waals surface area contributed by atoms with Crippen molar-refractivity contribution in [2.24, 2.45) is 17.8 Å². The lowest BCUT2D eigenvalue weighted by Gasteiger charge is -2.13. The Kier molecular flexibility index (Phi) is 2.10. The standard InChI is InChI=1S/C10H14O3/c1-13-10(12)9-7-4-2-3-6(7)5-8(9)11/h6-7,9H,2-5H2,1H3/t6-,7-,9+/m0/s1. The van der Waals surface area contributed by atoms with Gasteiger partial charge in [0, 0.05) is 6.42 Å². The van der Waals surface area contributed by atoms with E-state index in [2.05, 4.69) is 4.74 Å². The molecule has 0 aromatic carbocycles. The van der Waals surface area contributed by atoms with Crippen LogP contribution in [-0.2, 0) is 14.3 Å². The zero-order valence-electron chi connectivity index (χ0n) is 7.79. The van der Waals surface area contributed by atoms with Crippen LogP contribution in [0.3, 0.4) is 0 Å². The zero-order chi connectivity index (χ0) is 9.42. The van der Waals surface area contributed by atoms with Crippen molar-refractivity contribution in [2.75, 3.05) is 7.11 Å². The highest BCUT2D eigenvalue weighted by Gasteiger charge is 2.48. The summed E-state index contributed by atoms with van der Waals surface area (Å²) in [6, 6.07) is 0. The van der Waals surface area contributed by atoms with Crippen molar-refractivity contribution < 1.29 is 14.3 Å². The Morgan fingerprint density at radius 1 is 1.46 bits per heavy atom. The fourth-order valence-corrected chi connectivity index (χ4v) is 2.82. The van der Waals surface area contributed by atoms with Crippen molar-refractivity contribution in [1.29, 1.82) is 0 Å². The maximum atomic E-state index is 11.5. The number of ether oxygens (including phenoxy) is 1. The third kappa shape index (κ3) is 1.26. The van der Waals surface area contributed by atoms with Crippen LogP contribution in [-0.4, -0.2) is 18.9 Å². The minimum absolute atomic E-state index is 0.0987. The molecule has 0 aromatic rings. The Balaban J connectivity index is 2.16. The minimum Gasteiger partial charge on any atom is -0.468 e. The summed E-state index contributed by atoms with van der Waals surface area (Å²) >= 11 is 0. The quantitative estimate of drug-likeness (QED) is 0.451. The van der Waals surface area contributed by atoms with Crippen molar-refractivity contribution in [3.8, 4) is 0 Å². The normalized spacial score (nSPS) is 37.6. The molecule has 2 fully saturated rings. The van der Waals surface area contributed by atoms with E-state index in [4.69, 9.17) is 0 Å². The number of hydrogen-bond acceptors (Lipinski definition) is 3. The lowest BCUT2D eigenvalue weighted by atomic mass is 9.92. The Labute approximate surface area is 77.4 Å². The largest absolute Gasteiger partial charge is 0.468 e. The van der Waals surface area contributed by atoms with Crippen LogP contribution in [0.25, 0.3) is 0 Å². The van der Waals surface area contributed by atoms with Gasteiger partial charge in [-0.3, -0.25) is 9.59 Å². The molecule has 2 aliphatic carbocycles. The number of carbonyl (C=O) groups is 2. The summed E-state index contributed by atoms with van der Waals surface area (Å²) in [4.78, 5) is 22.8. The number of fused-ring (bicyclic) bond motifs is 1. The zero-order valence-corrected chi connectivity index (χ0v) is 7.79. The maximum Gasteiger partial charge on any atom is 0.316 e. The van der Waals surface area contributed by atoms with E-state index < -0.39 is 5.92 Å². The van der Waals surface area contributed by atoms with Gasteiger partial charge in [-0.15, -0.1) is 0 Å². The SMILES string of the molecule is COC(=O)[C@H]1C(=O)C[C@@H]2CCC[C@@H]21. The minimum atomic E-state index is -0.433. The highest BCUT2D eigenvalue weighted by molar-refractivity contribution is 6.01. The first-order chi connectivity index (χ1) is 6.24. The smallest absolute Gasteiger partial charge is 0.316 e. The van der Waals surface area contributed by atoms with Gasteiger partial charge in [-0.2, -0.15) is 0 Å². The first-order valence-corrected chi connectivity index (χ1v) is 4.84.